The van der Waals surface area contributed by atoms with Crippen LogP contribution in [0.3, 0.4) is 0 Å². The van der Waals surface area contributed by atoms with Gasteiger partial charge < -0.3 is 16.0 Å². The first kappa shape index (κ1) is 14.2. The number of H-pyrrole nitrogens is 1. The van der Waals surface area contributed by atoms with E-state index in [0.29, 0.717) is 6.42 Å². The topological polar surface area (TPSA) is 78.6 Å². The summed E-state index contributed by atoms with van der Waals surface area (Å²) in [7, 11) is 0. The quantitative estimate of drug-likeness (QED) is 0.662. The highest BCUT2D eigenvalue weighted by Crippen LogP contribution is 2.23. The SMILES string of the molecule is NC12C=C3C=CC(=N3)C=c3ccc([nH]3)=CC3=NC(=CC(=CC1)N2)C=C3. The van der Waals surface area contributed by atoms with Gasteiger partial charge in [0.05, 0.1) is 22.8 Å². The van der Waals surface area contributed by atoms with Crippen LogP contribution in [0.15, 0.2) is 81.7 Å². The van der Waals surface area contributed by atoms with Gasteiger partial charge in [-0.05, 0) is 60.7 Å². The molecule has 5 rings (SSSR count). The van der Waals surface area contributed by atoms with E-state index in [0.717, 1.165) is 39.2 Å². The van der Waals surface area contributed by atoms with Gasteiger partial charge in [0.1, 0.15) is 5.66 Å². The number of allylic oxidation sites excluding steroid dienone is 5. The van der Waals surface area contributed by atoms with Crippen LogP contribution >= 0.6 is 0 Å². The molecule has 4 aliphatic rings. The average molecular weight is 327 g/mol. The van der Waals surface area contributed by atoms with E-state index < -0.39 is 5.66 Å². The van der Waals surface area contributed by atoms with Crippen molar-refractivity contribution in [3.63, 3.8) is 0 Å². The van der Waals surface area contributed by atoms with Crippen molar-refractivity contribution in [3.8, 4) is 0 Å². The van der Waals surface area contributed by atoms with Crippen molar-refractivity contribution in [3.05, 3.63) is 82.5 Å². The van der Waals surface area contributed by atoms with Crippen LogP contribution in [0.1, 0.15) is 6.42 Å². The van der Waals surface area contributed by atoms with Crippen LogP contribution in [0, 0.1) is 0 Å². The van der Waals surface area contributed by atoms with Crippen molar-refractivity contribution in [2.24, 2.45) is 15.7 Å². The van der Waals surface area contributed by atoms with Gasteiger partial charge >= 0.3 is 0 Å². The van der Waals surface area contributed by atoms with Gasteiger partial charge in [0.25, 0.3) is 0 Å². The number of aliphatic imine (C=N–C) groups is 2. The first-order valence-electron chi connectivity index (χ1n) is 8.28. The number of rotatable bonds is 0. The molecular formula is C20H17N5. The number of nitrogens with one attached hydrogen (secondary N) is 2. The Bertz CT molecular complexity index is 1100. The molecule has 0 fully saturated rings. The van der Waals surface area contributed by atoms with Crippen molar-refractivity contribution in [1.29, 1.82) is 0 Å². The lowest BCUT2D eigenvalue weighted by Gasteiger charge is -2.22. The Balaban J connectivity index is 1.67. The van der Waals surface area contributed by atoms with Crippen LogP contribution in [-0.4, -0.2) is 22.1 Å². The van der Waals surface area contributed by atoms with Crippen LogP contribution < -0.4 is 21.7 Å². The Hall–Kier alpha value is -3.18. The lowest BCUT2D eigenvalue weighted by molar-refractivity contribution is 0.499. The number of aromatic nitrogens is 1. The van der Waals surface area contributed by atoms with E-state index >= 15 is 0 Å². The highest BCUT2D eigenvalue weighted by Gasteiger charge is 2.27. The largest absolute Gasteiger partial charge is 0.364 e. The lowest BCUT2D eigenvalue weighted by atomic mass is 10.1. The van der Waals surface area contributed by atoms with Gasteiger partial charge in [-0.15, -0.1) is 0 Å². The maximum Gasteiger partial charge on any atom is 0.111 e. The van der Waals surface area contributed by atoms with Crippen molar-refractivity contribution in [1.82, 2.24) is 10.3 Å². The second kappa shape index (κ2) is 5.16. The van der Waals surface area contributed by atoms with Crippen LogP contribution in [0.5, 0.6) is 0 Å². The summed E-state index contributed by atoms with van der Waals surface area (Å²) in [6.07, 6.45) is 18.9. The van der Waals surface area contributed by atoms with Gasteiger partial charge in [0, 0.05) is 22.8 Å². The highest BCUT2D eigenvalue weighted by atomic mass is 15.1. The van der Waals surface area contributed by atoms with Crippen molar-refractivity contribution in [2.45, 2.75) is 12.1 Å². The number of hydrogen-bond donors (Lipinski definition) is 3. The molecule has 122 valence electrons. The molecule has 1 aromatic rings. The van der Waals surface area contributed by atoms with Crippen molar-refractivity contribution >= 4 is 23.6 Å². The number of aromatic amines is 1. The van der Waals surface area contributed by atoms with E-state index in [2.05, 4.69) is 26.4 Å². The Morgan fingerprint density at radius 2 is 1.56 bits per heavy atom. The van der Waals surface area contributed by atoms with E-state index in [1.54, 1.807) is 0 Å². The number of hydrogen-bond acceptors (Lipinski definition) is 4. The minimum absolute atomic E-state index is 0.622. The first-order chi connectivity index (χ1) is 12.1. The predicted octanol–water partition coefficient (Wildman–Crippen LogP) is 0.911. The summed E-state index contributed by atoms with van der Waals surface area (Å²) < 4.78 is 0. The maximum absolute atomic E-state index is 6.47. The van der Waals surface area contributed by atoms with Gasteiger partial charge in [-0.3, -0.25) is 0 Å². The summed E-state index contributed by atoms with van der Waals surface area (Å²) >= 11 is 0. The molecule has 5 heteroatoms. The molecule has 0 amide bonds. The van der Waals surface area contributed by atoms with Crippen LogP contribution in [0.4, 0.5) is 0 Å². The molecule has 0 saturated heterocycles. The molecular weight excluding hydrogens is 310 g/mol. The molecule has 25 heavy (non-hydrogen) atoms. The zero-order valence-electron chi connectivity index (χ0n) is 13.5. The van der Waals surface area contributed by atoms with Crippen molar-refractivity contribution < 1.29 is 0 Å². The summed E-state index contributed by atoms with van der Waals surface area (Å²) in [5.41, 5.74) is 10.4. The van der Waals surface area contributed by atoms with Gasteiger partial charge in [-0.25, -0.2) is 9.98 Å². The normalized spacial score (nSPS) is 26.0. The molecule has 0 spiro atoms. The summed E-state index contributed by atoms with van der Waals surface area (Å²) in [4.78, 5) is 12.7. The Morgan fingerprint density at radius 1 is 0.880 bits per heavy atom. The third-order valence-electron chi connectivity index (χ3n) is 4.45. The first-order valence-corrected chi connectivity index (χ1v) is 8.28. The fourth-order valence-corrected chi connectivity index (χ4v) is 3.29. The van der Waals surface area contributed by atoms with Crippen LogP contribution in [0.2, 0.25) is 0 Å². The zero-order valence-corrected chi connectivity index (χ0v) is 13.5. The smallest absolute Gasteiger partial charge is 0.111 e. The number of nitrogens with two attached hydrogens (primary N) is 1. The van der Waals surface area contributed by atoms with Crippen LogP contribution in [-0.2, 0) is 0 Å². The summed E-state index contributed by atoms with van der Waals surface area (Å²) in [6, 6.07) is 4.08. The molecule has 1 unspecified atom stereocenters. The Morgan fingerprint density at radius 3 is 2.32 bits per heavy atom. The second-order valence-corrected chi connectivity index (χ2v) is 6.57. The van der Waals surface area contributed by atoms with E-state index in [4.69, 9.17) is 5.73 Å². The molecule has 0 aliphatic carbocycles. The van der Waals surface area contributed by atoms with E-state index in [1.807, 2.05) is 60.7 Å². The van der Waals surface area contributed by atoms with E-state index in [9.17, 15) is 0 Å². The molecule has 1 atom stereocenters. The van der Waals surface area contributed by atoms with Crippen LogP contribution in [0.25, 0.3) is 12.2 Å². The fourth-order valence-electron chi connectivity index (χ4n) is 3.29. The summed E-state index contributed by atoms with van der Waals surface area (Å²) in [5, 5.41) is 5.39. The Kier molecular flexibility index (Phi) is 2.93. The molecule has 1 aromatic heterocycles. The van der Waals surface area contributed by atoms with E-state index in [1.165, 1.54) is 0 Å². The number of fused-ring (bicyclic) bond motifs is 6. The van der Waals surface area contributed by atoms with Gasteiger partial charge in [-0.1, -0.05) is 6.08 Å². The molecule has 0 saturated carbocycles. The monoisotopic (exact) mass is 327 g/mol. The molecule has 0 radical (unpaired) electrons. The molecule has 8 bridgehead atoms. The third-order valence-corrected chi connectivity index (χ3v) is 4.45. The lowest BCUT2D eigenvalue weighted by Crippen LogP contribution is -2.47. The molecule has 4 aliphatic heterocycles. The second-order valence-electron chi connectivity index (χ2n) is 6.57. The fraction of sp³-hybridized carbons (Fsp3) is 0.100. The Labute approximate surface area is 144 Å². The highest BCUT2D eigenvalue weighted by molar-refractivity contribution is 6.20. The minimum Gasteiger partial charge on any atom is -0.364 e. The van der Waals surface area contributed by atoms with E-state index in [-0.39, 0.29) is 0 Å². The maximum atomic E-state index is 6.47. The summed E-state index contributed by atoms with van der Waals surface area (Å²) in [6.45, 7) is 0. The summed E-state index contributed by atoms with van der Waals surface area (Å²) in [5.74, 6) is 0. The molecule has 4 N–H and O–H groups in total. The average Bonchev–Trinajstić information content (AvgIpc) is 3.32. The standard InChI is InChI=1S/C20H17N5/c21-20-8-7-18(25-20)11-17-4-3-14(23-17)9-13-1-2-15(22-13)10-16-5-6-19(12-20)24-16/h1-7,9-12,22,25H,8,21H2. The molecule has 5 heterocycles. The third kappa shape index (κ3) is 2.75. The van der Waals surface area contributed by atoms with Gasteiger partial charge in [-0.2, -0.15) is 0 Å². The van der Waals surface area contributed by atoms with Gasteiger partial charge in [0.2, 0.25) is 0 Å². The minimum atomic E-state index is -0.622. The zero-order chi connectivity index (χ0) is 16.9. The molecule has 5 nitrogen and oxygen atoms in total. The predicted molar refractivity (Wildman–Crippen MR) is 101 cm³/mol. The van der Waals surface area contributed by atoms with Gasteiger partial charge in [0.15, 0.2) is 0 Å². The molecule has 0 aromatic carbocycles. The number of nitrogens with zero attached hydrogens (tertiary/aromatic N) is 2. The van der Waals surface area contributed by atoms with Crippen molar-refractivity contribution in [2.75, 3.05) is 0 Å².